The van der Waals surface area contributed by atoms with Gasteiger partial charge in [0, 0.05) is 16.4 Å². The zero-order chi connectivity index (χ0) is 14.6. The van der Waals surface area contributed by atoms with E-state index in [4.69, 9.17) is 5.73 Å². The Bertz CT molecular complexity index is 539. The predicted octanol–water partition coefficient (Wildman–Crippen LogP) is 3.27. The van der Waals surface area contributed by atoms with Gasteiger partial charge in [-0.05, 0) is 36.6 Å². The van der Waals surface area contributed by atoms with Gasteiger partial charge in [0.1, 0.15) is 0 Å². The Balaban J connectivity index is 2.40. The predicted molar refractivity (Wildman–Crippen MR) is 86.7 cm³/mol. The van der Waals surface area contributed by atoms with Crippen molar-refractivity contribution in [2.75, 3.05) is 6.54 Å². The van der Waals surface area contributed by atoms with Crippen LogP contribution in [0.2, 0.25) is 0 Å². The molecule has 0 saturated heterocycles. The molecule has 0 radical (unpaired) electrons. The SMILES string of the molecule is CC(O)C(CN)(Cc1ccc(Br)cc1)c1ccccc1. The summed E-state index contributed by atoms with van der Waals surface area (Å²) in [5.41, 5.74) is 7.85. The van der Waals surface area contributed by atoms with Crippen LogP contribution >= 0.6 is 15.9 Å². The highest BCUT2D eigenvalue weighted by molar-refractivity contribution is 9.10. The molecule has 2 aromatic rings. The van der Waals surface area contributed by atoms with Crippen molar-refractivity contribution in [2.24, 2.45) is 5.73 Å². The fraction of sp³-hybridized carbons (Fsp3) is 0.294. The molecule has 0 aliphatic rings. The lowest BCUT2D eigenvalue weighted by atomic mass is 9.72. The van der Waals surface area contributed by atoms with Crippen molar-refractivity contribution in [1.82, 2.24) is 0 Å². The maximum atomic E-state index is 10.3. The largest absolute Gasteiger partial charge is 0.392 e. The topological polar surface area (TPSA) is 46.2 Å². The summed E-state index contributed by atoms with van der Waals surface area (Å²) in [6, 6.07) is 18.2. The van der Waals surface area contributed by atoms with E-state index < -0.39 is 11.5 Å². The Hall–Kier alpha value is -1.16. The number of nitrogens with two attached hydrogens (primary N) is 1. The van der Waals surface area contributed by atoms with E-state index in [9.17, 15) is 5.11 Å². The lowest BCUT2D eigenvalue weighted by Crippen LogP contribution is -2.46. The van der Waals surface area contributed by atoms with Crippen LogP contribution in [0.25, 0.3) is 0 Å². The Morgan fingerprint density at radius 1 is 1.10 bits per heavy atom. The van der Waals surface area contributed by atoms with Crippen LogP contribution in [0.3, 0.4) is 0 Å². The van der Waals surface area contributed by atoms with Crippen LogP contribution in [0.5, 0.6) is 0 Å². The highest BCUT2D eigenvalue weighted by Gasteiger charge is 2.36. The Kier molecular flexibility index (Phi) is 4.97. The number of hydrogen-bond donors (Lipinski definition) is 2. The molecule has 0 aliphatic heterocycles. The number of benzene rings is 2. The van der Waals surface area contributed by atoms with Gasteiger partial charge in [-0.3, -0.25) is 0 Å². The van der Waals surface area contributed by atoms with Crippen molar-refractivity contribution < 1.29 is 5.11 Å². The average Bonchev–Trinajstić information content (AvgIpc) is 2.47. The third-order valence-corrected chi connectivity index (χ3v) is 4.47. The summed E-state index contributed by atoms with van der Waals surface area (Å²) in [6.45, 7) is 2.23. The third-order valence-electron chi connectivity index (χ3n) is 3.95. The number of aliphatic hydroxyl groups is 1. The Morgan fingerprint density at radius 2 is 1.70 bits per heavy atom. The number of rotatable bonds is 5. The molecule has 2 rings (SSSR count). The van der Waals surface area contributed by atoms with E-state index in [0.717, 1.165) is 16.5 Å². The fourth-order valence-electron chi connectivity index (χ4n) is 2.59. The second-order valence-corrected chi connectivity index (χ2v) is 6.12. The molecule has 0 aromatic heterocycles. The minimum absolute atomic E-state index is 0.407. The van der Waals surface area contributed by atoms with Gasteiger partial charge in [0.05, 0.1) is 6.10 Å². The highest BCUT2D eigenvalue weighted by Crippen LogP contribution is 2.31. The van der Waals surface area contributed by atoms with Crippen LogP contribution in [0.15, 0.2) is 59.1 Å². The Labute approximate surface area is 128 Å². The van der Waals surface area contributed by atoms with Crippen molar-refractivity contribution in [1.29, 1.82) is 0 Å². The van der Waals surface area contributed by atoms with E-state index in [-0.39, 0.29) is 0 Å². The first-order chi connectivity index (χ1) is 9.58. The van der Waals surface area contributed by atoms with Crippen molar-refractivity contribution in [2.45, 2.75) is 24.9 Å². The van der Waals surface area contributed by atoms with E-state index in [1.54, 1.807) is 0 Å². The van der Waals surface area contributed by atoms with Crippen LogP contribution in [0.1, 0.15) is 18.1 Å². The molecule has 0 bridgehead atoms. The molecule has 20 heavy (non-hydrogen) atoms. The van der Waals surface area contributed by atoms with Crippen LogP contribution in [-0.2, 0) is 11.8 Å². The first-order valence-electron chi connectivity index (χ1n) is 6.76. The molecule has 2 nitrogen and oxygen atoms in total. The summed E-state index contributed by atoms with van der Waals surface area (Å²) in [5, 5.41) is 10.3. The molecular formula is C17H20BrNO. The van der Waals surface area contributed by atoms with Crippen LogP contribution < -0.4 is 5.73 Å². The van der Waals surface area contributed by atoms with E-state index >= 15 is 0 Å². The van der Waals surface area contributed by atoms with Gasteiger partial charge in [0.15, 0.2) is 0 Å². The molecule has 0 saturated carbocycles. The number of hydrogen-bond acceptors (Lipinski definition) is 2. The molecule has 3 heteroatoms. The smallest absolute Gasteiger partial charge is 0.0624 e. The van der Waals surface area contributed by atoms with Gasteiger partial charge in [0.25, 0.3) is 0 Å². The molecule has 0 heterocycles. The van der Waals surface area contributed by atoms with Crippen molar-refractivity contribution >= 4 is 15.9 Å². The highest BCUT2D eigenvalue weighted by atomic mass is 79.9. The molecule has 0 fully saturated rings. The monoisotopic (exact) mass is 333 g/mol. The molecule has 0 amide bonds. The summed E-state index contributed by atoms with van der Waals surface area (Å²) < 4.78 is 1.05. The third kappa shape index (κ3) is 3.11. The molecular weight excluding hydrogens is 314 g/mol. The molecule has 2 aromatic carbocycles. The van der Waals surface area contributed by atoms with Crippen LogP contribution in [0, 0.1) is 0 Å². The van der Waals surface area contributed by atoms with Crippen molar-refractivity contribution in [3.63, 3.8) is 0 Å². The van der Waals surface area contributed by atoms with Crippen LogP contribution in [-0.4, -0.2) is 17.8 Å². The second-order valence-electron chi connectivity index (χ2n) is 5.21. The Morgan fingerprint density at radius 3 is 2.20 bits per heavy atom. The van der Waals surface area contributed by atoms with Gasteiger partial charge >= 0.3 is 0 Å². The summed E-state index contributed by atoms with van der Waals surface area (Å²) in [5.74, 6) is 0. The maximum Gasteiger partial charge on any atom is 0.0624 e. The van der Waals surface area contributed by atoms with Crippen LogP contribution in [0.4, 0.5) is 0 Å². The number of halogens is 1. The lowest BCUT2D eigenvalue weighted by molar-refractivity contribution is 0.100. The molecule has 0 spiro atoms. The first kappa shape index (κ1) is 15.2. The summed E-state index contributed by atoms with van der Waals surface area (Å²) >= 11 is 3.44. The zero-order valence-electron chi connectivity index (χ0n) is 11.6. The van der Waals surface area contributed by atoms with Gasteiger partial charge < -0.3 is 10.8 Å². The summed E-state index contributed by atoms with van der Waals surface area (Å²) in [7, 11) is 0. The summed E-state index contributed by atoms with van der Waals surface area (Å²) in [6.07, 6.45) is 0.205. The van der Waals surface area contributed by atoms with Crippen molar-refractivity contribution in [3.05, 3.63) is 70.2 Å². The van der Waals surface area contributed by atoms with Gasteiger partial charge in [0.2, 0.25) is 0 Å². The van der Waals surface area contributed by atoms with Gasteiger partial charge in [-0.15, -0.1) is 0 Å². The molecule has 2 unspecified atom stereocenters. The second kappa shape index (κ2) is 6.53. The quantitative estimate of drug-likeness (QED) is 0.882. The van der Waals surface area contributed by atoms with E-state index in [1.165, 1.54) is 5.56 Å². The first-order valence-corrected chi connectivity index (χ1v) is 7.56. The average molecular weight is 334 g/mol. The molecule has 3 N–H and O–H groups in total. The van der Waals surface area contributed by atoms with E-state index in [0.29, 0.717) is 6.54 Å². The lowest BCUT2D eigenvalue weighted by Gasteiger charge is -2.36. The molecule has 106 valence electrons. The maximum absolute atomic E-state index is 10.3. The molecule has 0 aliphatic carbocycles. The molecule has 2 atom stereocenters. The van der Waals surface area contributed by atoms with E-state index in [1.807, 2.05) is 49.4 Å². The summed E-state index contributed by atoms with van der Waals surface area (Å²) in [4.78, 5) is 0. The fourth-order valence-corrected chi connectivity index (χ4v) is 2.85. The zero-order valence-corrected chi connectivity index (χ0v) is 13.2. The van der Waals surface area contributed by atoms with Gasteiger partial charge in [-0.25, -0.2) is 0 Å². The standard InChI is InChI=1S/C17H20BrNO/c1-13(20)17(12-19,15-5-3-2-4-6-15)11-14-7-9-16(18)10-8-14/h2-10,13,20H,11-12,19H2,1H3. The minimum Gasteiger partial charge on any atom is -0.392 e. The number of aliphatic hydroxyl groups excluding tert-OH is 1. The normalized spacial score (nSPS) is 15.6. The van der Waals surface area contributed by atoms with Gasteiger partial charge in [-0.2, -0.15) is 0 Å². The van der Waals surface area contributed by atoms with Gasteiger partial charge in [-0.1, -0.05) is 58.4 Å². The van der Waals surface area contributed by atoms with Crippen molar-refractivity contribution in [3.8, 4) is 0 Å². The minimum atomic E-state index is -0.515. The van der Waals surface area contributed by atoms with E-state index in [2.05, 4.69) is 28.1 Å².